The Hall–Kier alpha value is -0.670. The minimum absolute atomic E-state index is 0.167. The molecule has 0 aliphatic carbocycles. The Morgan fingerprint density at radius 2 is 1.94 bits per heavy atom. The molecule has 1 aromatic rings. The van der Waals surface area contributed by atoms with Crippen LogP contribution in [0.1, 0.15) is 31.9 Å². The second-order valence-electron chi connectivity index (χ2n) is 5.43. The summed E-state index contributed by atoms with van der Waals surface area (Å²) in [4.78, 5) is 2.15. The largest absolute Gasteiger partial charge is 0.496 e. The van der Waals surface area contributed by atoms with Crippen LogP contribution >= 0.6 is 12.6 Å². The van der Waals surface area contributed by atoms with Gasteiger partial charge in [0, 0.05) is 18.0 Å². The first-order chi connectivity index (χ1) is 7.88. The highest BCUT2D eigenvalue weighted by atomic mass is 32.1. The summed E-state index contributed by atoms with van der Waals surface area (Å²) in [6, 6.07) is 6.43. The zero-order chi connectivity index (χ0) is 13.1. The van der Waals surface area contributed by atoms with Gasteiger partial charge in [-0.2, -0.15) is 12.6 Å². The number of rotatable bonds is 4. The fraction of sp³-hybridized carbons (Fsp3) is 0.571. The molecule has 0 saturated carbocycles. The van der Waals surface area contributed by atoms with E-state index in [1.54, 1.807) is 7.11 Å². The first-order valence-corrected chi connectivity index (χ1v) is 6.48. The van der Waals surface area contributed by atoms with E-state index in [1.165, 1.54) is 11.1 Å². The number of thiol groups is 1. The van der Waals surface area contributed by atoms with E-state index in [-0.39, 0.29) is 5.41 Å². The van der Waals surface area contributed by atoms with E-state index >= 15 is 0 Å². The Bertz CT molecular complexity index is 371. The van der Waals surface area contributed by atoms with Gasteiger partial charge in [0.1, 0.15) is 5.75 Å². The fourth-order valence-electron chi connectivity index (χ4n) is 1.71. The first kappa shape index (κ1) is 14.4. The van der Waals surface area contributed by atoms with Gasteiger partial charge in [0.25, 0.3) is 0 Å². The summed E-state index contributed by atoms with van der Waals surface area (Å²) in [5, 5.41) is 0. The SMILES string of the molecule is COc1ccc(C(C)(C)C)cc1CN(C)CS. The van der Waals surface area contributed by atoms with E-state index in [4.69, 9.17) is 4.74 Å². The average Bonchev–Trinajstić information content (AvgIpc) is 2.27. The first-order valence-electron chi connectivity index (χ1n) is 5.85. The van der Waals surface area contributed by atoms with Crippen LogP contribution in [-0.4, -0.2) is 24.9 Å². The molecule has 0 aliphatic rings. The summed E-state index contributed by atoms with van der Waals surface area (Å²) < 4.78 is 5.41. The normalized spacial score (nSPS) is 11.9. The zero-order valence-corrected chi connectivity index (χ0v) is 12.3. The average molecular weight is 253 g/mol. The standard InChI is InChI=1S/C14H23NOS/c1-14(2,3)12-6-7-13(16-5)11(8-12)9-15(4)10-17/h6-8,17H,9-10H2,1-5H3. The molecule has 0 spiro atoms. The molecule has 0 atom stereocenters. The Morgan fingerprint density at radius 1 is 1.29 bits per heavy atom. The minimum atomic E-state index is 0.167. The third-order valence-electron chi connectivity index (χ3n) is 2.83. The lowest BCUT2D eigenvalue weighted by molar-refractivity contribution is 0.362. The van der Waals surface area contributed by atoms with Crippen LogP contribution in [0.2, 0.25) is 0 Å². The zero-order valence-electron chi connectivity index (χ0n) is 11.4. The predicted molar refractivity (Wildman–Crippen MR) is 77.0 cm³/mol. The predicted octanol–water partition coefficient (Wildman–Crippen LogP) is 3.31. The molecule has 0 saturated heterocycles. The summed E-state index contributed by atoms with van der Waals surface area (Å²) in [7, 11) is 3.77. The number of benzene rings is 1. The Morgan fingerprint density at radius 3 is 2.41 bits per heavy atom. The maximum absolute atomic E-state index is 5.41. The molecule has 0 unspecified atom stereocenters. The molecule has 0 aliphatic heterocycles. The van der Waals surface area contributed by atoms with Crippen LogP contribution in [0.3, 0.4) is 0 Å². The van der Waals surface area contributed by atoms with Crippen molar-refractivity contribution in [3.63, 3.8) is 0 Å². The van der Waals surface area contributed by atoms with Crippen molar-refractivity contribution >= 4 is 12.6 Å². The molecular formula is C14H23NOS. The van der Waals surface area contributed by atoms with Crippen molar-refractivity contribution in [2.75, 3.05) is 20.0 Å². The minimum Gasteiger partial charge on any atom is -0.496 e. The molecule has 96 valence electrons. The number of nitrogens with zero attached hydrogens (tertiary/aromatic N) is 1. The third-order valence-corrected chi connectivity index (χ3v) is 3.31. The smallest absolute Gasteiger partial charge is 0.123 e. The van der Waals surface area contributed by atoms with Crippen LogP contribution in [0.25, 0.3) is 0 Å². The topological polar surface area (TPSA) is 12.5 Å². The lowest BCUT2D eigenvalue weighted by Crippen LogP contribution is -2.17. The molecule has 2 nitrogen and oxygen atoms in total. The van der Waals surface area contributed by atoms with Gasteiger partial charge in [0.2, 0.25) is 0 Å². The van der Waals surface area contributed by atoms with Crippen LogP contribution in [0.15, 0.2) is 18.2 Å². The van der Waals surface area contributed by atoms with Crippen molar-refractivity contribution in [2.24, 2.45) is 0 Å². The quantitative estimate of drug-likeness (QED) is 0.653. The molecule has 0 radical (unpaired) electrons. The molecule has 0 heterocycles. The Kier molecular flexibility index (Phi) is 4.90. The van der Waals surface area contributed by atoms with Crippen molar-refractivity contribution in [2.45, 2.75) is 32.7 Å². The number of hydrogen-bond acceptors (Lipinski definition) is 3. The third kappa shape index (κ3) is 3.93. The highest BCUT2D eigenvalue weighted by Gasteiger charge is 2.16. The summed E-state index contributed by atoms with van der Waals surface area (Å²) in [5.74, 6) is 1.69. The van der Waals surface area contributed by atoms with E-state index in [0.717, 1.165) is 18.2 Å². The maximum atomic E-state index is 5.41. The Labute approximate surface area is 110 Å². The summed E-state index contributed by atoms with van der Waals surface area (Å²) >= 11 is 4.28. The van der Waals surface area contributed by atoms with Crippen molar-refractivity contribution in [1.82, 2.24) is 4.90 Å². The highest BCUT2D eigenvalue weighted by Crippen LogP contribution is 2.28. The van der Waals surface area contributed by atoms with Gasteiger partial charge in [-0.1, -0.05) is 32.9 Å². The van der Waals surface area contributed by atoms with E-state index in [1.807, 2.05) is 0 Å². The fourth-order valence-corrected chi connectivity index (χ4v) is 1.81. The van der Waals surface area contributed by atoms with Gasteiger partial charge in [-0.15, -0.1) is 0 Å². The number of methoxy groups -OCH3 is 1. The number of ether oxygens (including phenoxy) is 1. The van der Waals surface area contributed by atoms with Gasteiger partial charge >= 0.3 is 0 Å². The van der Waals surface area contributed by atoms with Crippen LogP contribution in [-0.2, 0) is 12.0 Å². The molecule has 17 heavy (non-hydrogen) atoms. The molecule has 1 aromatic carbocycles. The van der Waals surface area contributed by atoms with Crippen molar-refractivity contribution < 1.29 is 4.74 Å². The van der Waals surface area contributed by atoms with Gasteiger partial charge in [0.15, 0.2) is 0 Å². The van der Waals surface area contributed by atoms with E-state index in [0.29, 0.717) is 0 Å². The second-order valence-corrected chi connectivity index (χ2v) is 5.72. The maximum Gasteiger partial charge on any atom is 0.123 e. The van der Waals surface area contributed by atoms with Gasteiger partial charge in [-0.3, -0.25) is 4.90 Å². The van der Waals surface area contributed by atoms with Crippen molar-refractivity contribution in [3.05, 3.63) is 29.3 Å². The number of hydrogen-bond donors (Lipinski definition) is 1. The lowest BCUT2D eigenvalue weighted by Gasteiger charge is -2.22. The molecule has 3 heteroatoms. The highest BCUT2D eigenvalue weighted by molar-refractivity contribution is 7.80. The molecule has 0 fully saturated rings. The summed E-state index contributed by atoms with van der Waals surface area (Å²) in [6.07, 6.45) is 0. The van der Waals surface area contributed by atoms with E-state index < -0.39 is 0 Å². The van der Waals surface area contributed by atoms with E-state index in [9.17, 15) is 0 Å². The van der Waals surface area contributed by atoms with Gasteiger partial charge in [-0.05, 0) is 24.1 Å². The van der Waals surface area contributed by atoms with Gasteiger partial charge in [0.05, 0.1) is 7.11 Å². The molecule has 1 rings (SSSR count). The van der Waals surface area contributed by atoms with Crippen LogP contribution in [0, 0.1) is 0 Å². The monoisotopic (exact) mass is 253 g/mol. The van der Waals surface area contributed by atoms with Gasteiger partial charge in [-0.25, -0.2) is 0 Å². The lowest BCUT2D eigenvalue weighted by atomic mass is 9.86. The van der Waals surface area contributed by atoms with Crippen molar-refractivity contribution in [1.29, 1.82) is 0 Å². The second kappa shape index (κ2) is 5.78. The molecular weight excluding hydrogens is 230 g/mol. The molecule has 0 aromatic heterocycles. The van der Waals surface area contributed by atoms with Gasteiger partial charge < -0.3 is 4.74 Å². The summed E-state index contributed by atoms with van der Waals surface area (Å²) in [6.45, 7) is 7.53. The Balaban J connectivity index is 3.07. The van der Waals surface area contributed by atoms with E-state index in [2.05, 4.69) is 63.5 Å². The van der Waals surface area contributed by atoms with Crippen molar-refractivity contribution in [3.8, 4) is 5.75 Å². The molecule has 0 N–H and O–H groups in total. The molecule has 0 amide bonds. The summed E-state index contributed by atoms with van der Waals surface area (Å²) in [5.41, 5.74) is 2.72. The van der Waals surface area contributed by atoms with Crippen LogP contribution in [0.5, 0.6) is 5.75 Å². The van der Waals surface area contributed by atoms with Crippen LogP contribution < -0.4 is 4.74 Å². The van der Waals surface area contributed by atoms with Crippen LogP contribution in [0.4, 0.5) is 0 Å². The molecule has 0 bridgehead atoms.